The molecule has 0 unspecified atom stereocenters. The molecule has 1 aliphatic rings. The number of hydrogen-bond acceptors (Lipinski definition) is 7. The molecule has 0 radical (unpaired) electrons. The molecule has 2 N–H and O–H groups in total. The van der Waals surface area contributed by atoms with Gasteiger partial charge in [0.2, 0.25) is 0 Å². The number of phenols is 1. The van der Waals surface area contributed by atoms with E-state index in [1.165, 1.54) is 12.1 Å². The maximum atomic E-state index is 12.0. The van der Waals surface area contributed by atoms with Gasteiger partial charge in [0.05, 0.1) is 9.83 Å². The predicted molar refractivity (Wildman–Crippen MR) is 82.3 cm³/mol. The monoisotopic (exact) mass is 340 g/mol. The summed E-state index contributed by atoms with van der Waals surface area (Å²) < 4.78 is 0.104. The highest BCUT2D eigenvalue weighted by molar-refractivity contribution is 8.26. The molecule has 1 saturated heterocycles. The first-order valence-corrected chi connectivity index (χ1v) is 6.96. The average molecular weight is 340 g/mol. The summed E-state index contributed by atoms with van der Waals surface area (Å²) in [6.07, 6.45) is 1.35. The number of nitro groups is 1. The molecular formula is C12H8N2O6S2. The van der Waals surface area contributed by atoms with E-state index in [2.05, 4.69) is 0 Å². The smallest absolute Gasteiger partial charge is 0.323 e. The largest absolute Gasteiger partial charge is 0.502 e. The number of carboxylic acids is 1. The number of phenolic OH excluding ortho intramolecular Hbond substituents is 1. The molecule has 0 bridgehead atoms. The van der Waals surface area contributed by atoms with Crippen molar-refractivity contribution in [3.63, 3.8) is 0 Å². The summed E-state index contributed by atoms with van der Waals surface area (Å²) in [4.78, 5) is 33.8. The van der Waals surface area contributed by atoms with Crippen molar-refractivity contribution in [1.29, 1.82) is 0 Å². The molecule has 10 heteroatoms. The van der Waals surface area contributed by atoms with Gasteiger partial charge in [0, 0.05) is 6.07 Å². The summed E-state index contributed by atoms with van der Waals surface area (Å²) >= 11 is 5.84. The van der Waals surface area contributed by atoms with Crippen LogP contribution in [0.5, 0.6) is 5.75 Å². The van der Waals surface area contributed by atoms with E-state index in [0.29, 0.717) is 5.56 Å². The molecule has 8 nitrogen and oxygen atoms in total. The molecule has 114 valence electrons. The van der Waals surface area contributed by atoms with E-state index in [9.17, 15) is 24.8 Å². The molecule has 0 aromatic heterocycles. The number of aliphatic carboxylic acids is 1. The van der Waals surface area contributed by atoms with Gasteiger partial charge in [0.1, 0.15) is 10.9 Å². The van der Waals surface area contributed by atoms with Crippen molar-refractivity contribution in [2.45, 2.75) is 0 Å². The van der Waals surface area contributed by atoms with Crippen LogP contribution in [-0.2, 0) is 9.59 Å². The summed E-state index contributed by atoms with van der Waals surface area (Å²) in [6, 6.07) is 3.65. The number of nitrogens with zero attached hydrogens (tertiary/aromatic N) is 2. The van der Waals surface area contributed by atoms with Gasteiger partial charge in [-0.1, -0.05) is 30.0 Å². The number of benzene rings is 1. The van der Waals surface area contributed by atoms with Crippen molar-refractivity contribution < 1.29 is 24.7 Å². The van der Waals surface area contributed by atoms with Crippen molar-refractivity contribution >= 4 is 51.9 Å². The summed E-state index contributed by atoms with van der Waals surface area (Å²) in [5.74, 6) is -2.26. The number of carboxylic acid groups (broad SMARTS) is 1. The van der Waals surface area contributed by atoms with Crippen LogP contribution in [0.1, 0.15) is 5.56 Å². The van der Waals surface area contributed by atoms with Gasteiger partial charge < -0.3 is 10.2 Å². The molecule has 0 atom stereocenters. The lowest BCUT2D eigenvalue weighted by atomic mass is 10.1. The molecule has 1 fully saturated rings. The predicted octanol–water partition coefficient (Wildman–Crippen LogP) is 1.59. The number of carbonyl (C=O) groups excluding carboxylic acids is 1. The zero-order chi connectivity index (χ0) is 16.4. The normalized spacial score (nSPS) is 16.4. The fraction of sp³-hybridized carbons (Fsp3) is 0.0833. The van der Waals surface area contributed by atoms with Crippen molar-refractivity contribution in [2.75, 3.05) is 6.54 Å². The Hall–Kier alpha value is -2.46. The Bertz CT molecular complexity index is 730. The third-order valence-corrected chi connectivity index (χ3v) is 4.04. The van der Waals surface area contributed by atoms with Crippen molar-refractivity contribution in [3.05, 3.63) is 38.8 Å². The fourth-order valence-corrected chi connectivity index (χ4v) is 2.95. The summed E-state index contributed by atoms with van der Waals surface area (Å²) in [5.41, 5.74) is -0.171. The molecular weight excluding hydrogens is 332 g/mol. The Labute approximate surface area is 133 Å². The van der Waals surface area contributed by atoms with Crippen molar-refractivity contribution in [2.24, 2.45) is 0 Å². The van der Waals surface area contributed by atoms with E-state index in [-0.39, 0.29) is 9.23 Å². The van der Waals surface area contributed by atoms with Crippen molar-refractivity contribution in [3.8, 4) is 5.75 Å². The highest BCUT2D eigenvalue weighted by Crippen LogP contribution is 2.34. The number of thioether (sulfide) groups is 1. The standard InChI is InChI=1S/C12H8N2O6S2/c15-8-2-1-6(3-7(8)14(19)20)4-9-11(18)13(5-10(16)17)12(21)22-9/h1-4,15H,5H2,(H,16,17)/b9-4+. The van der Waals surface area contributed by atoms with Crippen LogP contribution >= 0.6 is 24.0 Å². The minimum absolute atomic E-state index is 0.104. The number of thiocarbonyl (C=S) groups is 1. The molecule has 0 aliphatic carbocycles. The van der Waals surface area contributed by atoms with Crippen LogP contribution in [-0.4, -0.2) is 42.8 Å². The highest BCUT2D eigenvalue weighted by Gasteiger charge is 2.33. The highest BCUT2D eigenvalue weighted by atomic mass is 32.2. The van der Waals surface area contributed by atoms with Crippen LogP contribution in [0.4, 0.5) is 5.69 Å². The average Bonchev–Trinajstić information content (AvgIpc) is 2.68. The van der Waals surface area contributed by atoms with Gasteiger partial charge in [-0.15, -0.1) is 0 Å². The lowest BCUT2D eigenvalue weighted by molar-refractivity contribution is -0.385. The number of hydrogen-bond donors (Lipinski definition) is 2. The zero-order valence-electron chi connectivity index (χ0n) is 10.8. The van der Waals surface area contributed by atoms with Gasteiger partial charge in [-0.2, -0.15) is 0 Å². The first-order chi connectivity index (χ1) is 10.3. The third kappa shape index (κ3) is 3.23. The van der Waals surface area contributed by atoms with Gasteiger partial charge in [-0.25, -0.2) is 0 Å². The molecule has 1 aromatic rings. The van der Waals surface area contributed by atoms with Gasteiger partial charge in [0.15, 0.2) is 5.75 Å². The first-order valence-electron chi connectivity index (χ1n) is 5.74. The van der Waals surface area contributed by atoms with E-state index < -0.39 is 34.8 Å². The van der Waals surface area contributed by atoms with Crippen LogP contribution in [0.3, 0.4) is 0 Å². The number of carbonyl (C=O) groups is 2. The molecule has 2 rings (SSSR count). The van der Waals surface area contributed by atoms with Crippen LogP contribution in [0.25, 0.3) is 6.08 Å². The molecule has 1 amide bonds. The van der Waals surface area contributed by atoms with Crippen LogP contribution in [0, 0.1) is 10.1 Å². The summed E-state index contributed by atoms with van der Waals surface area (Å²) in [7, 11) is 0. The summed E-state index contributed by atoms with van der Waals surface area (Å²) in [5, 5.41) is 28.9. The molecule has 1 aliphatic heterocycles. The summed E-state index contributed by atoms with van der Waals surface area (Å²) in [6.45, 7) is -0.544. The van der Waals surface area contributed by atoms with Gasteiger partial charge in [0.25, 0.3) is 5.91 Å². The third-order valence-electron chi connectivity index (χ3n) is 2.66. The Morgan fingerprint density at radius 3 is 2.77 bits per heavy atom. The second-order valence-corrected chi connectivity index (χ2v) is 5.84. The lowest BCUT2D eigenvalue weighted by Crippen LogP contribution is -2.33. The maximum Gasteiger partial charge on any atom is 0.323 e. The molecule has 1 aromatic carbocycles. The second kappa shape index (κ2) is 6.12. The maximum absolute atomic E-state index is 12.0. The lowest BCUT2D eigenvalue weighted by Gasteiger charge is -2.10. The minimum Gasteiger partial charge on any atom is -0.502 e. The quantitative estimate of drug-likeness (QED) is 0.367. The van der Waals surface area contributed by atoms with E-state index in [4.69, 9.17) is 17.3 Å². The van der Waals surface area contributed by atoms with Gasteiger partial charge in [-0.05, 0) is 17.7 Å². The molecule has 1 heterocycles. The fourth-order valence-electron chi connectivity index (χ4n) is 1.70. The Balaban J connectivity index is 2.33. The van der Waals surface area contributed by atoms with Crippen LogP contribution in [0.15, 0.2) is 23.1 Å². The molecule has 22 heavy (non-hydrogen) atoms. The van der Waals surface area contributed by atoms with E-state index in [1.54, 1.807) is 0 Å². The van der Waals surface area contributed by atoms with E-state index in [1.807, 2.05) is 0 Å². The minimum atomic E-state index is -1.20. The second-order valence-electron chi connectivity index (χ2n) is 4.17. The number of rotatable bonds is 4. The number of amides is 1. The van der Waals surface area contributed by atoms with Crippen LogP contribution < -0.4 is 0 Å². The number of aromatic hydroxyl groups is 1. The molecule has 0 saturated carbocycles. The van der Waals surface area contributed by atoms with Crippen molar-refractivity contribution in [1.82, 2.24) is 4.90 Å². The van der Waals surface area contributed by atoms with E-state index >= 15 is 0 Å². The topological polar surface area (TPSA) is 121 Å². The van der Waals surface area contributed by atoms with Crippen LogP contribution in [0.2, 0.25) is 0 Å². The van der Waals surface area contributed by atoms with Gasteiger partial charge >= 0.3 is 11.7 Å². The van der Waals surface area contributed by atoms with Gasteiger partial charge in [-0.3, -0.25) is 24.6 Å². The number of nitro benzene ring substituents is 1. The van der Waals surface area contributed by atoms with E-state index in [0.717, 1.165) is 28.8 Å². The Morgan fingerprint density at radius 1 is 1.50 bits per heavy atom. The Kier molecular flexibility index (Phi) is 4.43. The first kappa shape index (κ1) is 15.9. The SMILES string of the molecule is O=C(O)CN1C(=O)/C(=C\c2ccc(O)c([N+](=O)[O-])c2)SC1=S. The Morgan fingerprint density at radius 2 is 2.18 bits per heavy atom. The molecule has 0 spiro atoms. The zero-order valence-corrected chi connectivity index (χ0v) is 12.4.